The van der Waals surface area contributed by atoms with Crippen LogP contribution in [0.4, 0.5) is 5.69 Å². The lowest BCUT2D eigenvalue weighted by atomic mass is 9.89. The van der Waals surface area contributed by atoms with E-state index in [1.165, 1.54) is 35.2 Å². The average Bonchev–Trinajstić information content (AvgIpc) is 3.03. The Kier molecular flexibility index (Phi) is 3.71. The second-order valence-electron chi connectivity index (χ2n) is 6.86. The van der Waals surface area contributed by atoms with Crippen LogP contribution in [-0.2, 0) is 0 Å². The molecule has 1 fully saturated rings. The lowest BCUT2D eigenvalue weighted by Crippen LogP contribution is -2.35. The van der Waals surface area contributed by atoms with Crippen molar-refractivity contribution in [2.24, 2.45) is 0 Å². The van der Waals surface area contributed by atoms with Crippen LogP contribution >= 0.6 is 0 Å². The van der Waals surface area contributed by atoms with Crippen molar-refractivity contribution in [3.05, 3.63) is 53.0 Å². The first-order chi connectivity index (χ1) is 11.6. The number of benzene rings is 1. The SMILES string of the molecule is Cc1cccc(C2CCCN(c3c(C)c(C)nn4cnnc34)C2)c1. The summed E-state index contributed by atoms with van der Waals surface area (Å²) in [6.07, 6.45) is 4.12. The Labute approximate surface area is 142 Å². The molecule has 0 saturated carbocycles. The molecule has 0 bridgehead atoms. The van der Waals surface area contributed by atoms with E-state index in [2.05, 4.69) is 65.2 Å². The summed E-state index contributed by atoms with van der Waals surface area (Å²) in [5.74, 6) is 0.564. The number of anilines is 1. The molecule has 1 aliphatic rings. The van der Waals surface area contributed by atoms with Crippen LogP contribution in [0.3, 0.4) is 0 Å². The summed E-state index contributed by atoms with van der Waals surface area (Å²) in [5.41, 5.74) is 7.08. The Morgan fingerprint density at radius 3 is 2.88 bits per heavy atom. The van der Waals surface area contributed by atoms with E-state index in [1.807, 2.05) is 0 Å². The van der Waals surface area contributed by atoms with Gasteiger partial charge >= 0.3 is 0 Å². The van der Waals surface area contributed by atoms with Gasteiger partial charge in [0.05, 0.1) is 11.4 Å². The molecule has 1 unspecified atom stereocenters. The van der Waals surface area contributed by atoms with Crippen LogP contribution in [0.5, 0.6) is 0 Å². The van der Waals surface area contributed by atoms with Crippen LogP contribution in [-0.4, -0.2) is 32.9 Å². The fraction of sp³-hybridized carbons (Fsp3) is 0.421. The number of rotatable bonds is 2. The van der Waals surface area contributed by atoms with Gasteiger partial charge in [0.25, 0.3) is 0 Å². The van der Waals surface area contributed by atoms with E-state index >= 15 is 0 Å². The van der Waals surface area contributed by atoms with Gasteiger partial charge in [0, 0.05) is 19.0 Å². The molecule has 4 rings (SSSR count). The molecule has 0 radical (unpaired) electrons. The lowest BCUT2D eigenvalue weighted by molar-refractivity contribution is 0.509. The molecule has 0 spiro atoms. The smallest absolute Gasteiger partial charge is 0.201 e. The highest BCUT2D eigenvalue weighted by Gasteiger charge is 2.25. The van der Waals surface area contributed by atoms with Gasteiger partial charge in [-0.3, -0.25) is 0 Å². The van der Waals surface area contributed by atoms with E-state index in [0.717, 1.165) is 24.4 Å². The van der Waals surface area contributed by atoms with Crippen molar-refractivity contribution in [1.82, 2.24) is 19.8 Å². The van der Waals surface area contributed by atoms with Gasteiger partial charge < -0.3 is 4.90 Å². The van der Waals surface area contributed by atoms with E-state index in [9.17, 15) is 0 Å². The van der Waals surface area contributed by atoms with Gasteiger partial charge in [-0.15, -0.1) is 10.2 Å². The van der Waals surface area contributed by atoms with Gasteiger partial charge in [0.2, 0.25) is 5.65 Å². The Morgan fingerprint density at radius 2 is 2.04 bits per heavy atom. The number of fused-ring (bicyclic) bond motifs is 1. The van der Waals surface area contributed by atoms with E-state index in [-0.39, 0.29) is 0 Å². The van der Waals surface area contributed by atoms with Crippen molar-refractivity contribution in [1.29, 1.82) is 0 Å². The van der Waals surface area contributed by atoms with E-state index in [0.29, 0.717) is 5.92 Å². The molecular formula is C19H23N5. The second-order valence-corrected chi connectivity index (χ2v) is 6.86. The average molecular weight is 321 g/mol. The highest BCUT2D eigenvalue weighted by Crippen LogP contribution is 2.34. The van der Waals surface area contributed by atoms with Crippen LogP contribution in [0.15, 0.2) is 30.6 Å². The number of hydrogen-bond acceptors (Lipinski definition) is 4. The fourth-order valence-electron chi connectivity index (χ4n) is 3.79. The van der Waals surface area contributed by atoms with Crippen molar-refractivity contribution in [2.45, 2.75) is 39.5 Å². The first-order valence-electron chi connectivity index (χ1n) is 8.62. The number of nitrogens with zero attached hydrogens (tertiary/aromatic N) is 5. The van der Waals surface area contributed by atoms with E-state index in [1.54, 1.807) is 10.8 Å². The Balaban J connectivity index is 1.72. The van der Waals surface area contributed by atoms with Crippen LogP contribution in [0.2, 0.25) is 0 Å². The number of hydrogen-bond donors (Lipinski definition) is 0. The minimum atomic E-state index is 0.564. The molecule has 0 N–H and O–H groups in total. The minimum absolute atomic E-state index is 0.564. The van der Waals surface area contributed by atoms with Crippen molar-refractivity contribution in [2.75, 3.05) is 18.0 Å². The molecular weight excluding hydrogens is 298 g/mol. The summed E-state index contributed by atoms with van der Waals surface area (Å²) in [4.78, 5) is 2.48. The third-order valence-electron chi connectivity index (χ3n) is 5.15. The predicted molar refractivity (Wildman–Crippen MR) is 95.6 cm³/mol. The summed E-state index contributed by atoms with van der Waals surface area (Å²) in [6, 6.07) is 8.92. The highest BCUT2D eigenvalue weighted by molar-refractivity contribution is 5.72. The maximum Gasteiger partial charge on any atom is 0.201 e. The Hall–Kier alpha value is -2.43. The second kappa shape index (κ2) is 5.89. The molecule has 5 nitrogen and oxygen atoms in total. The number of piperidine rings is 1. The van der Waals surface area contributed by atoms with Crippen LogP contribution in [0.1, 0.15) is 41.1 Å². The summed E-state index contributed by atoms with van der Waals surface area (Å²) < 4.78 is 1.80. The molecule has 24 heavy (non-hydrogen) atoms. The maximum absolute atomic E-state index is 4.54. The van der Waals surface area contributed by atoms with Crippen LogP contribution < -0.4 is 4.90 Å². The first-order valence-corrected chi connectivity index (χ1v) is 8.62. The van der Waals surface area contributed by atoms with Gasteiger partial charge in [-0.25, -0.2) is 0 Å². The summed E-state index contributed by atoms with van der Waals surface area (Å²) in [5, 5.41) is 12.9. The zero-order valence-electron chi connectivity index (χ0n) is 14.5. The minimum Gasteiger partial charge on any atom is -0.368 e. The van der Waals surface area contributed by atoms with Gasteiger partial charge in [-0.1, -0.05) is 29.8 Å². The quantitative estimate of drug-likeness (QED) is 0.725. The standard InChI is InChI=1S/C19H23N5/c1-13-6-4-7-16(10-13)17-8-5-9-23(11-17)18-14(2)15(3)22-24-12-20-21-19(18)24/h4,6-7,10,12,17H,5,8-9,11H2,1-3H3. The van der Waals surface area contributed by atoms with Crippen molar-refractivity contribution < 1.29 is 0 Å². The zero-order valence-corrected chi connectivity index (χ0v) is 14.5. The van der Waals surface area contributed by atoms with E-state index < -0.39 is 0 Å². The Morgan fingerprint density at radius 1 is 1.17 bits per heavy atom. The molecule has 3 aromatic rings. The molecule has 1 atom stereocenters. The molecule has 1 aromatic carbocycles. The zero-order chi connectivity index (χ0) is 16.7. The first kappa shape index (κ1) is 15.1. The van der Waals surface area contributed by atoms with Crippen molar-refractivity contribution >= 4 is 11.3 Å². The molecule has 1 saturated heterocycles. The summed E-state index contributed by atoms with van der Waals surface area (Å²) in [6.45, 7) is 8.45. The molecule has 3 heterocycles. The largest absolute Gasteiger partial charge is 0.368 e. The van der Waals surface area contributed by atoms with Gasteiger partial charge in [0.1, 0.15) is 6.33 Å². The Bertz CT molecular complexity index is 883. The lowest BCUT2D eigenvalue weighted by Gasteiger charge is -2.35. The number of aromatic nitrogens is 4. The molecule has 2 aromatic heterocycles. The van der Waals surface area contributed by atoms with Crippen molar-refractivity contribution in [3.63, 3.8) is 0 Å². The van der Waals surface area contributed by atoms with Crippen LogP contribution in [0, 0.1) is 20.8 Å². The monoisotopic (exact) mass is 321 g/mol. The molecule has 0 amide bonds. The normalized spacial score (nSPS) is 18.3. The van der Waals surface area contributed by atoms with Gasteiger partial charge in [0.15, 0.2) is 0 Å². The molecule has 124 valence electrons. The van der Waals surface area contributed by atoms with Gasteiger partial charge in [-0.2, -0.15) is 9.61 Å². The number of aryl methyl sites for hydroxylation is 2. The molecule has 1 aliphatic heterocycles. The summed E-state index contributed by atoms with van der Waals surface area (Å²) in [7, 11) is 0. The predicted octanol–water partition coefficient (Wildman–Crippen LogP) is 3.43. The highest BCUT2D eigenvalue weighted by atomic mass is 15.4. The summed E-state index contributed by atoms with van der Waals surface area (Å²) >= 11 is 0. The fourth-order valence-corrected chi connectivity index (χ4v) is 3.79. The van der Waals surface area contributed by atoms with Crippen molar-refractivity contribution in [3.8, 4) is 0 Å². The maximum atomic E-state index is 4.54. The van der Waals surface area contributed by atoms with Gasteiger partial charge in [-0.05, 0) is 44.7 Å². The van der Waals surface area contributed by atoms with E-state index in [4.69, 9.17) is 0 Å². The van der Waals surface area contributed by atoms with Crippen LogP contribution in [0.25, 0.3) is 5.65 Å². The molecule has 0 aliphatic carbocycles. The third kappa shape index (κ3) is 2.54. The third-order valence-corrected chi connectivity index (χ3v) is 5.15. The molecule has 5 heteroatoms. The topological polar surface area (TPSA) is 46.3 Å².